The Morgan fingerprint density at radius 1 is 1.26 bits per heavy atom. The Kier molecular flexibility index (Phi) is 6.19. The zero-order valence-electron chi connectivity index (χ0n) is 14.7. The fraction of sp³-hybridized carbons (Fsp3) is 0.412. The Morgan fingerprint density at radius 2 is 1.89 bits per heavy atom. The van der Waals surface area contributed by atoms with Crippen LogP contribution in [0.3, 0.4) is 0 Å². The van der Waals surface area contributed by atoms with Gasteiger partial charge in [0.05, 0.1) is 6.42 Å². The normalized spacial score (nSPS) is 12.6. The third-order valence-electron chi connectivity index (χ3n) is 4.01. The minimum absolute atomic E-state index is 0.0602. The van der Waals surface area contributed by atoms with Gasteiger partial charge in [0, 0.05) is 23.7 Å². The summed E-state index contributed by atoms with van der Waals surface area (Å²) in [7, 11) is 0. The number of aromatic nitrogens is 2. The summed E-state index contributed by atoms with van der Waals surface area (Å²) in [5.41, 5.74) is 0.537. The van der Waals surface area contributed by atoms with Crippen LogP contribution in [0.15, 0.2) is 28.8 Å². The van der Waals surface area contributed by atoms with Gasteiger partial charge in [0.2, 0.25) is 5.82 Å². The van der Waals surface area contributed by atoms with Crippen molar-refractivity contribution in [2.75, 3.05) is 6.54 Å². The number of rotatable bonds is 7. The summed E-state index contributed by atoms with van der Waals surface area (Å²) in [5, 5.41) is 12.1. The molecule has 0 unspecified atom stereocenters. The molecule has 0 saturated heterocycles. The van der Waals surface area contributed by atoms with Crippen LogP contribution in [0, 0.1) is 0 Å². The van der Waals surface area contributed by atoms with Gasteiger partial charge in [-0.15, -0.1) is 0 Å². The molecule has 10 heteroatoms. The molecule has 1 aromatic heterocycles. The molecule has 146 valence electrons. The molecule has 27 heavy (non-hydrogen) atoms. The second-order valence-electron chi connectivity index (χ2n) is 5.90. The second-order valence-corrected chi connectivity index (χ2v) is 5.90. The molecular weight excluding hydrogens is 367 g/mol. The van der Waals surface area contributed by atoms with E-state index in [2.05, 4.69) is 14.7 Å². The van der Waals surface area contributed by atoms with Gasteiger partial charge in [-0.05, 0) is 25.5 Å². The number of carbonyl (C=O) groups is 2. The summed E-state index contributed by atoms with van der Waals surface area (Å²) in [4.78, 5) is 28.2. The standard InChI is InChI=1S/C17H18F3N3O4/c1-3-10(2)23(9-8-13(24)25)15(26)12-6-4-11(5-7-12)14-21-16(27-22-14)17(18,19)20/h4-7,10H,3,8-9H2,1-2H3,(H,24,25)/t10-/m1/s1. The van der Waals surface area contributed by atoms with Crippen LogP contribution in [-0.4, -0.2) is 44.6 Å². The van der Waals surface area contributed by atoms with Crippen molar-refractivity contribution >= 4 is 11.9 Å². The Hall–Kier alpha value is -2.91. The minimum Gasteiger partial charge on any atom is -0.481 e. The average molecular weight is 385 g/mol. The molecule has 0 aliphatic rings. The Balaban J connectivity index is 2.20. The first-order valence-electron chi connectivity index (χ1n) is 8.17. The molecule has 0 fully saturated rings. The molecule has 1 N–H and O–H groups in total. The first-order valence-corrected chi connectivity index (χ1v) is 8.17. The van der Waals surface area contributed by atoms with Crippen molar-refractivity contribution in [3.63, 3.8) is 0 Å². The fourth-order valence-electron chi connectivity index (χ4n) is 2.34. The van der Waals surface area contributed by atoms with E-state index in [0.29, 0.717) is 6.42 Å². The highest BCUT2D eigenvalue weighted by Gasteiger charge is 2.38. The summed E-state index contributed by atoms with van der Waals surface area (Å²) in [6.07, 6.45) is -4.27. The molecule has 2 rings (SSSR count). The van der Waals surface area contributed by atoms with E-state index >= 15 is 0 Å². The van der Waals surface area contributed by atoms with Gasteiger partial charge in [-0.3, -0.25) is 9.59 Å². The largest absolute Gasteiger partial charge is 0.481 e. The lowest BCUT2D eigenvalue weighted by atomic mass is 10.1. The van der Waals surface area contributed by atoms with Crippen LogP contribution < -0.4 is 0 Å². The van der Waals surface area contributed by atoms with Crippen molar-refractivity contribution < 1.29 is 32.4 Å². The zero-order chi connectivity index (χ0) is 20.2. The van der Waals surface area contributed by atoms with Gasteiger partial charge in [0.25, 0.3) is 5.91 Å². The van der Waals surface area contributed by atoms with Crippen molar-refractivity contribution in [3.05, 3.63) is 35.7 Å². The zero-order valence-corrected chi connectivity index (χ0v) is 14.7. The highest BCUT2D eigenvalue weighted by molar-refractivity contribution is 5.95. The molecule has 0 aliphatic carbocycles. The Morgan fingerprint density at radius 3 is 2.37 bits per heavy atom. The molecule has 1 heterocycles. The predicted molar refractivity (Wildman–Crippen MR) is 87.8 cm³/mol. The van der Waals surface area contributed by atoms with E-state index < -0.39 is 18.0 Å². The lowest BCUT2D eigenvalue weighted by Crippen LogP contribution is -2.39. The van der Waals surface area contributed by atoms with Crippen LogP contribution in [0.1, 0.15) is 42.9 Å². The van der Waals surface area contributed by atoms with Crippen molar-refractivity contribution in [2.24, 2.45) is 0 Å². The Bertz CT molecular complexity index is 803. The first-order chi connectivity index (χ1) is 12.6. The number of halogens is 3. The number of amides is 1. The van der Waals surface area contributed by atoms with Crippen LogP contribution in [0.2, 0.25) is 0 Å². The summed E-state index contributed by atoms with van der Waals surface area (Å²) < 4.78 is 41.8. The van der Waals surface area contributed by atoms with Crippen molar-refractivity contribution in [2.45, 2.75) is 38.9 Å². The number of hydrogen-bond acceptors (Lipinski definition) is 5. The summed E-state index contributed by atoms with van der Waals surface area (Å²) in [6.45, 7) is 3.75. The number of carbonyl (C=O) groups excluding carboxylic acids is 1. The van der Waals surface area contributed by atoms with E-state index in [1.54, 1.807) is 0 Å². The van der Waals surface area contributed by atoms with E-state index in [9.17, 15) is 22.8 Å². The fourth-order valence-corrected chi connectivity index (χ4v) is 2.34. The number of benzene rings is 1. The third-order valence-corrected chi connectivity index (χ3v) is 4.01. The maximum absolute atomic E-state index is 12.7. The molecule has 2 aromatic rings. The smallest absolute Gasteiger partial charge is 0.471 e. The molecule has 0 saturated carbocycles. The van der Waals surface area contributed by atoms with Crippen LogP contribution in [0.25, 0.3) is 11.4 Å². The molecule has 1 amide bonds. The monoisotopic (exact) mass is 385 g/mol. The number of carboxylic acid groups (broad SMARTS) is 1. The third kappa shape index (κ3) is 5.05. The van der Waals surface area contributed by atoms with Crippen LogP contribution in [-0.2, 0) is 11.0 Å². The molecule has 1 atom stereocenters. The van der Waals surface area contributed by atoms with Crippen molar-refractivity contribution in [1.29, 1.82) is 0 Å². The van der Waals surface area contributed by atoms with Gasteiger partial charge in [0.15, 0.2) is 0 Å². The second kappa shape index (κ2) is 8.19. The number of hydrogen-bond donors (Lipinski definition) is 1. The highest BCUT2D eigenvalue weighted by atomic mass is 19.4. The quantitative estimate of drug-likeness (QED) is 0.784. The summed E-state index contributed by atoms with van der Waals surface area (Å²) in [6, 6.07) is 5.51. The number of carboxylic acids is 1. The van der Waals surface area contributed by atoms with Gasteiger partial charge in [0.1, 0.15) is 0 Å². The van der Waals surface area contributed by atoms with E-state index in [0.717, 1.165) is 0 Å². The molecule has 0 radical (unpaired) electrons. The van der Waals surface area contributed by atoms with Gasteiger partial charge < -0.3 is 14.5 Å². The van der Waals surface area contributed by atoms with Crippen molar-refractivity contribution in [3.8, 4) is 11.4 Å². The van der Waals surface area contributed by atoms with E-state index in [1.807, 2.05) is 13.8 Å². The predicted octanol–water partition coefficient (Wildman–Crippen LogP) is 3.47. The maximum atomic E-state index is 12.7. The number of aliphatic carboxylic acids is 1. The van der Waals surface area contributed by atoms with Crippen LogP contribution >= 0.6 is 0 Å². The lowest BCUT2D eigenvalue weighted by molar-refractivity contribution is -0.159. The molecule has 0 aliphatic heterocycles. The van der Waals surface area contributed by atoms with Crippen molar-refractivity contribution in [1.82, 2.24) is 15.0 Å². The van der Waals surface area contributed by atoms with Gasteiger partial charge in [-0.1, -0.05) is 24.2 Å². The van der Waals surface area contributed by atoms with E-state index in [1.165, 1.54) is 29.2 Å². The average Bonchev–Trinajstić information content (AvgIpc) is 3.11. The lowest BCUT2D eigenvalue weighted by Gasteiger charge is -2.28. The molecule has 1 aromatic carbocycles. The molecular formula is C17H18F3N3O4. The molecule has 0 bridgehead atoms. The number of alkyl halides is 3. The van der Waals surface area contributed by atoms with E-state index in [-0.39, 0.29) is 41.9 Å². The summed E-state index contributed by atoms with van der Waals surface area (Å²) >= 11 is 0. The maximum Gasteiger partial charge on any atom is 0.471 e. The highest BCUT2D eigenvalue weighted by Crippen LogP contribution is 2.29. The van der Waals surface area contributed by atoms with Gasteiger partial charge in [-0.25, -0.2) is 0 Å². The molecule has 7 nitrogen and oxygen atoms in total. The Labute approximate surface area is 152 Å². The first kappa shape index (κ1) is 20.4. The van der Waals surface area contributed by atoms with Gasteiger partial charge in [-0.2, -0.15) is 18.2 Å². The van der Waals surface area contributed by atoms with Crippen LogP contribution in [0.5, 0.6) is 0 Å². The van der Waals surface area contributed by atoms with Gasteiger partial charge >= 0.3 is 18.0 Å². The van der Waals surface area contributed by atoms with Crippen LogP contribution in [0.4, 0.5) is 13.2 Å². The number of nitrogens with zero attached hydrogens (tertiary/aromatic N) is 3. The minimum atomic E-state index is -4.73. The SMILES string of the molecule is CC[C@@H](C)N(CCC(=O)O)C(=O)c1ccc(-c2noc(C(F)(F)F)n2)cc1. The molecule has 0 spiro atoms. The van der Waals surface area contributed by atoms with E-state index in [4.69, 9.17) is 5.11 Å². The summed E-state index contributed by atoms with van der Waals surface area (Å²) in [5.74, 6) is -3.06. The topological polar surface area (TPSA) is 96.5 Å².